The van der Waals surface area contributed by atoms with E-state index in [4.69, 9.17) is 0 Å². The van der Waals surface area contributed by atoms with Crippen LogP contribution in [-0.2, 0) is 0 Å². The van der Waals surface area contributed by atoms with Crippen LogP contribution in [0.1, 0.15) is 21.6 Å². The Labute approximate surface area is 238 Å². The van der Waals surface area contributed by atoms with Gasteiger partial charge in [-0.15, -0.1) is 24.0 Å². The maximum Gasteiger partial charge on any atom is 0.0606 e. The quantitative estimate of drug-likeness (QED) is 0.150. The highest BCUT2D eigenvalue weighted by molar-refractivity contribution is 7.99. The fourth-order valence-corrected chi connectivity index (χ4v) is 6.82. The zero-order chi connectivity index (χ0) is 26.6. The number of hydrogen-bond acceptors (Lipinski definition) is 3. The summed E-state index contributed by atoms with van der Waals surface area (Å²) in [5.74, 6) is 0. The highest BCUT2D eigenvalue weighted by atomic mass is 32.2. The average Bonchev–Trinajstić information content (AvgIpc) is 3.38. The highest BCUT2D eigenvalue weighted by Crippen LogP contribution is 2.37. The summed E-state index contributed by atoms with van der Waals surface area (Å²) in [5, 5.41) is 2.43. The summed E-state index contributed by atoms with van der Waals surface area (Å²) in [6.07, 6.45) is 14.2. The second-order valence-corrected chi connectivity index (χ2v) is 11.9. The lowest BCUT2D eigenvalue weighted by Crippen LogP contribution is -1.93. The van der Waals surface area contributed by atoms with Crippen LogP contribution >= 0.6 is 35.7 Å². The molecule has 0 radical (unpaired) electrons. The van der Waals surface area contributed by atoms with Crippen molar-refractivity contribution in [3.63, 3.8) is 0 Å². The summed E-state index contributed by atoms with van der Waals surface area (Å²) < 4.78 is 3.35. The smallest absolute Gasteiger partial charge is 0.0606 e. The molecule has 0 amide bonds. The Balaban J connectivity index is 1.57. The molecule has 5 rings (SSSR count). The monoisotopic (exact) mass is 547 g/mol. The fourth-order valence-electron chi connectivity index (χ4n) is 4.52. The number of benzene rings is 3. The molecule has 2 heterocycles. The van der Waals surface area contributed by atoms with Crippen molar-refractivity contribution < 1.29 is 0 Å². The van der Waals surface area contributed by atoms with E-state index >= 15 is 0 Å². The number of thiol groups is 1. The molecule has 3 aromatic carbocycles. The zero-order valence-corrected chi connectivity index (χ0v) is 24.0. The van der Waals surface area contributed by atoms with Crippen LogP contribution in [0.15, 0.2) is 124 Å². The van der Waals surface area contributed by atoms with Gasteiger partial charge in [-0.2, -0.15) is 0 Å². The SMILES string of the molecule is C=C/C=C(\C=C)n1c2ccc(/C=C/C=C/c3sc(S)c(C)c3C)cc2c2cc(Sc3ccccc3)ccc21. The summed E-state index contributed by atoms with van der Waals surface area (Å²) in [5.41, 5.74) is 7.02. The number of rotatable bonds is 8. The molecule has 0 atom stereocenters. The number of thiophene rings is 1. The van der Waals surface area contributed by atoms with Crippen LogP contribution in [0.5, 0.6) is 0 Å². The Hall–Kier alpha value is -3.44. The van der Waals surface area contributed by atoms with E-state index in [-0.39, 0.29) is 0 Å². The standard InChI is InChI=1S/C34H29NS3/c1-5-12-26(6-2)35-31-19-17-25(13-10-11-16-33-23(3)24(4)34(36)38-33)21-29(31)30-22-28(18-20-32(30)35)37-27-14-8-7-9-15-27/h5-22,36H,1-2H2,3-4H3/b13-10+,16-11+,26-12+. The number of allylic oxidation sites excluding steroid dienone is 6. The van der Waals surface area contributed by atoms with E-state index in [1.165, 1.54) is 36.6 Å². The van der Waals surface area contributed by atoms with Crippen molar-refractivity contribution in [2.75, 3.05) is 0 Å². The minimum absolute atomic E-state index is 1.000. The van der Waals surface area contributed by atoms with Crippen LogP contribution in [0.4, 0.5) is 0 Å². The van der Waals surface area contributed by atoms with Crippen molar-refractivity contribution in [2.45, 2.75) is 27.8 Å². The van der Waals surface area contributed by atoms with Gasteiger partial charge in [-0.1, -0.05) is 73.5 Å². The van der Waals surface area contributed by atoms with Crippen LogP contribution in [0, 0.1) is 13.8 Å². The van der Waals surface area contributed by atoms with Crippen molar-refractivity contribution in [3.8, 4) is 0 Å². The van der Waals surface area contributed by atoms with E-state index in [1.807, 2.05) is 24.3 Å². The number of fused-ring (bicyclic) bond motifs is 3. The van der Waals surface area contributed by atoms with Crippen LogP contribution in [0.25, 0.3) is 39.7 Å². The van der Waals surface area contributed by atoms with Crippen molar-refractivity contribution >= 4 is 75.4 Å². The molecule has 0 saturated heterocycles. The summed E-state index contributed by atoms with van der Waals surface area (Å²) in [4.78, 5) is 3.69. The number of aromatic nitrogens is 1. The first-order valence-electron chi connectivity index (χ1n) is 12.4. The first-order valence-corrected chi connectivity index (χ1v) is 14.5. The van der Waals surface area contributed by atoms with Gasteiger partial charge in [-0.3, -0.25) is 0 Å². The van der Waals surface area contributed by atoms with E-state index in [0.717, 1.165) is 26.5 Å². The van der Waals surface area contributed by atoms with E-state index < -0.39 is 0 Å². The first kappa shape index (κ1) is 26.2. The first-order chi connectivity index (χ1) is 18.5. The molecular weight excluding hydrogens is 519 g/mol. The molecule has 4 heteroatoms. The molecule has 188 valence electrons. The summed E-state index contributed by atoms with van der Waals surface area (Å²) in [6, 6.07) is 23.8. The lowest BCUT2D eigenvalue weighted by atomic mass is 10.1. The Morgan fingerprint density at radius 2 is 1.55 bits per heavy atom. The minimum atomic E-state index is 1.000. The normalized spacial score (nSPS) is 12.3. The second-order valence-electron chi connectivity index (χ2n) is 8.98. The summed E-state index contributed by atoms with van der Waals surface area (Å²) in [6.45, 7) is 12.3. The van der Waals surface area contributed by atoms with Gasteiger partial charge in [-0.25, -0.2) is 0 Å². The zero-order valence-electron chi connectivity index (χ0n) is 21.5. The van der Waals surface area contributed by atoms with Crippen molar-refractivity contribution in [1.29, 1.82) is 0 Å². The molecule has 0 unspecified atom stereocenters. The molecule has 0 N–H and O–H groups in total. The Morgan fingerprint density at radius 3 is 2.24 bits per heavy atom. The average molecular weight is 548 g/mol. The van der Waals surface area contributed by atoms with Crippen molar-refractivity contribution in [3.05, 3.63) is 132 Å². The predicted molar refractivity (Wildman–Crippen MR) is 174 cm³/mol. The number of hydrogen-bond donors (Lipinski definition) is 1. The van der Waals surface area contributed by atoms with Gasteiger partial charge in [0.05, 0.1) is 15.2 Å². The van der Waals surface area contributed by atoms with Crippen LogP contribution in [0.2, 0.25) is 0 Å². The van der Waals surface area contributed by atoms with Crippen molar-refractivity contribution in [2.24, 2.45) is 0 Å². The van der Waals surface area contributed by atoms with E-state index in [2.05, 4.69) is 129 Å². The molecule has 2 aromatic heterocycles. The summed E-state index contributed by atoms with van der Waals surface area (Å²) >= 11 is 8.08. The third-order valence-electron chi connectivity index (χ3n) is 6.60. The van der Waals surface area contributed by atoms with Gasteiger partial charge >= 0.3 is 0 Å². The molecule has 0 saturated carbocycles. The largest absolute Gasteiger partial charge is 0.309 e. The maximum atomic E-state index is 4.57. The van der Waals surface area contributed by atoms with Gasteiger partial charge in [0.15, 0.2) is 0 Å². The molecule has 5 aromatic rings. The lowest BCUT2D eigenvalue weighted by Gasteiger charge is -2.08. The lowest BCUT2D eigenvalue weighted by molar-refractivity contribution is 1.23. The van der Waals surface area contributed by atoms with E-state index in [9.17, 15) is 0 Å². The third-order valence-corrected chi connectivity index (χ3v) is 9.37. The Kier molecular flexibility index (Phi) is 7.94. The Morgan fingerprint density at radius 1 is 0.842 bits per heavy atom. The maximum absolute atomic E-state index is 4.57. The topological polar surface area (TPSA) is 4.93 Å². The van der Waals surface area contributed by atoms with Gasteiger partial charge in [-0.05, 0) is 91.2 Å². The molecule has 1 nitrogen and oxygen atoms in total. The third kappa shape index (κ3) is 5.25. The van der Waals surface area contributed by atoms with Gasteiger partial charge in [0.1, 0.15) is 0 Å². The van der Waals surface area contributed by atoms with Crippen LogP contribution in [-0.4, -0.2) is 4.57 Å². The second kappa shape index (κ2) is 11.5. The van der Waals surface area contributed by atoms with Gasteiger partial charge in [0, 0.05) is 31.1 Å². The van der Waals surface area contributed by atoms with Crippen molar-refractivity contribution in [1.82, 2.24) is 4.57 Å². The van der Waals surface area contributed by atoms with Gasteiger partial charge in [0.2, 0.25) is 0 Å². The predicted octanol–water partition coefficient (Wildman–Crippen LogP) is 10.9. The molecule has 0 aliphatic rings. The highest BCUT2D eigenvalue weighted by Gasteiger charge is 2.14. The van der Waals surface area contributed by atoms with Gasteiger partial charge < -0.3 is 4.57 Å². The molecule has 0 aliphatic heterocycles. The fraction of sp³-hybridized carbons (Fsp3) is 0.0588. The van der Waals surface area contributed by atoms with Crippen LogP contribution in [0.3, 0.4) is 0 Å². The van der Waals surface area contributed by atoms with E-state index in [1.54, 1.807) is 23.1 Å². The molecule has 0 aliphatic carbocycles. The molecular formula is C34H29NS3. The molecule has 0 spiro atoms. The van der Waals surface area contributed by atoms with Gasteiger partial charge in [0.25, 0.3) is 0 Å². The Bertz CT molecular complexity index is 1740. The summed E-state index contributed by atoms with van der Waals surface area (Å²) in [7, 11) is 0. The molecule has 0 fully saturated rings. The minimum Gasteiger partial charge on any atom is -0.309 e. The van der Waals surface area contributed by atoms with E-state index in [0.29, 0.717) is 0 Å². The van der Waals surface area contributed by atoms with Crippen LogP contribution < -0.4 is 0 Å². The molecule has 38 heavy (non-hydrogen) atoms. The number of nitrogens with zero attached hydrogens (tertiary/aromatic N) is 1. The molecule has 0 bridgehead atoms.